The van der Waals surface area contributed by atoms with E-state index in [0.29, 0.717) is 29.2 Å². The summed E-state index contributed by atoms with van der Waals surface area (Å²) in [6.45, 7) is 0.442. The molecule has 3 aromatic carbocycles. The molecule has 172 valence electrons. The molecular formula is C26H19N5O4. The Kier molecular flexibility index (Phi) is 5.61. The van der Waals surface area contributed by atoms with Crippen molar-refractivity contribution in [1.29, 1.82) is 5.26 Å². The van der Waals surface area contributed by atoms with Gasteiger partial charge in [0, 0.05) is 17.7 Å². The number of ether oxygens (including phenoxy) is 2. The Morgan fingerprint density at radius 3 is 2.60 bits per heavy atom. The number of hydrogen-bond acceptors (Lipinski definition) is 7. The van der Waals surface area contributed by atoms with Crippen molar-refractivity contribution in [2.24, 2.45) is 5.73 Å². The van der Waals surface area contributed by atoms with E-state index in [-0.39, 0.29) is 23.0 Å². The summed E-state index contributed by atoms with van der Waals surface area (Å²) < 4.78 is 11.5. The van der Waals surface area contributed by atoms with Gasteiger partial charge in [0.25, 0.3) is 5.69 Å². The van der Waals surface area contributed by atoms with E-state index in [0.717, 1.165) is 11.1 Å². The maximum Gasteiger partial charge on any atom is 0.269 e. The number of nitro benzene ring substituents is 1. The first-order chi connectivity index (χ1) is 17.0. The Hall–Kier alpha value is -5.10. The number of aromatic nitrogens is 2. The highest BCUT2D eigenvalue weighted by Gasteiger charge is 2.36. The van der Waals surface area contributed by atoms with Crippen molar-refractivity contribution >= 4 is 5.69 Å². The van der Waals surface area contributed by atoms with Crippen LogP contribution in [0.2, 0.25) is 0 Å². The zero-order valence-electron chi connectivity index (χ0n) is 18.3. The van der Waals surface area contributed by atoms with Gasteiger partial charge < -0.3 is 15.2 Å². The second-order valence-corrected chi connectivity index (χ2v) is 7.89. The normalized spacial score (nSPS) is 14.5. The monoisotopic (exact) mass is 465 g/mol. The Labute approximate surface area is 200 Å². The minimum atomic E-state index is -0.689. The molecule has 0 radical (unpaired) electrons. The van der Waals surface area contributed by atoms with Crippen molar-refractivity contribution in [3.63, 3.8) is 0 Å². The van der Waals surface area contributed by atoms with Gasteiger partial charge in [-0.15, -0.1) is 5.10 Å². The number of nitrogens with two attached hydrogens (primary N) is 1. The lowest BCUT2D eigenvalue weighted by Crippen LogP contribution is -2.21. The topological polar surface area (TPSA) is 140 Å². The maximum absolute atomic E-state index is 11.4. The lowest BCUT2D eigenvalue weighted by Gasteiger charge is -2.24. The molecule has 2 heterocycles. The molecule has 3 N–H and O–H groups in total. The van der Waals surface area contributed by atoms with Crippen LogP contribution in [0.15, 0.2) is 90.3 Å². The molecule has 1 aliphatic rings. The van der Waals surface area contributed by atoms with E-state index >= 15 is 0 Å². The highest BCUT2D eigenvalue weighted by atomic mass is 16.6. The molecule has 0 saturated carbocycles. The number of H-pyrrole nitrogens is 1. The second-order valence-electron chi connectivity index (χ2n) is 7.89. The van der Waals surface area contributed by atoms with Gasteiger partial charge >= 0.3 is 0 Å². The van der Waals surface area contributed by atoms with Crippen LogP contribution in [-0.4, -0.2) is 15.1 Å². The maximum atomic E-state index is 11.4. The third-order valence-electron chi connectivity index (χ3n) is 5.74. The third-order valence-corrected chi connectivity index (χ3v) is 5.74. The molecule has 0 saturated heterocycles. The first-order valence-electron chi connectivity index (χ1n) is 10.7. The fourth-order valence-corrected chi connectivity index (χ4v) is 4.08. The first-order valence-corrected chi connectivity index (χ1v) is 10.7. The number of nitriles is 1. The average molecular weight is 465 g/mol. The minimum absolute atomic E-state index is 0.0841. The van der Waals surface area contributed by atoms with Crippen molar-refractivity contribution in [3.8, 4) is 29.0 Å². The molecule has 1 atom stereocenters. The van der Waals surface area contributed by atoms with Crippen molar-refractivity contribution in [3.05, 3.63) is 117 Å². The van der Waals surface area contributed by atoms with E-state index in [4.69, 9.17) is 15.2 Å². The molecule has 4 aromatic rings. The van der Waals surface area contributed by atoms with Gasteiger partial charge in [0.15, 0.2) is 0 Å². The number of allylic oxidation sites excluding steroid dienone is 1. The molecule has 5 rings (SSSR count). The summed E-state index contributed by atoms with van der Waals surface area (Å²) in [6, 6.07) is 25.5. The van der Waals surface area contributed by atoms with E-state index in [1.807, 2.05) is 54.6 Å². The zero-order chi connectivity index (χ0) is 24.4. The number of nitrogens with zero attached hydrogens (tertiary/aromatic N) is 3. The Balaban J connectivity index is 1.51. The molecule has 0 amide bonds. The molecule has 35 heavy (non-hydrogen) atoms. The van der Waals surface area contributed by atoms with Gasteiger partial charge in [-0.25, -0.2) is 0 Å². The minimum Gasteiger partial charge on any atom is -0.489 e. The lowest BCUT2D eigenvalue weighted by molar-refractivity contribution is -0.384. The first kappa shape index (κ1) is 21.7. The average Bonchev–Trinajstić information content (AvgIpc) is 3.30. The zero-order valence-corrected chi connectivity index (χ0v) is 18.3. The number of nitrogens with one attached hydrogen (secondary N) is 1. The van der Waals surface area contributed by atoms with Crippen molar-refractivity contribution in [2.75, 3.05) is 0 Å². The molecule has 1 aromatic heterocycles. The molecule has 1 aliphatic heterocycles. The predicted molar refractivity (Wildman–Crippen MR) is 127 cm³/mol. The van der Waals surface area contributed by atoms with Crippen LogP contribution in [0.5, 0.6) is 11.6 Å². The lowest BCUT2D eigenvalue weighted by atomic mass is 9.83. The number of nitro groups is 1. The molecule has 0 bridgehead atoms. The number of fused-ring (bicyclic) bond motifs is 1. The summed E-state index contributed by atoms with van der Waals surface area (Å²) in [6.07, 6.45) is 0. The van der Waals surface area contributed by atoms with Gasteiger partial charge in [-0.2, -0.15) is 5.26 Å². The van der Waals surface area contributed by atoms with E-state index in [1.165, 1.54) is 12.1 Å². The number of benzene rings is 3. The molecule has 0 fully saturated rings. The quantitative estimate of drug-likeness (QED) is 0.308. The molecule has 9 heteroatoms. The van der Waals surface area contributed by atoms with Gasteiger partial charge in [-0.05, 0) is 35.4 Å². The van der Waals surface area contributed by atoms with Gasteiger partial charge in [-0.3, -0.25) is 15.2 Å². The summed E-state index contributed by atoms with van der Waals surface area (Å²) in [5, 5.41) is 28.4. The molecule has 9 nitrogen and oxygen atoms in total. The van der Waals surface area contributed by atoms with Gasteiger partial charge in [0.2, 0.25) is 11.8 Å². The number of rotatable bonds is 6. The number of hydrogen-bond donors (Lipinski definition) is 2. The highest BCUT2D eigenvalue weighted by Crippen LogP contribution is 2.46. The van der Waals surface area contributed by atoms with Crippen LogP contribution < -0.4 is 15.2 Å². The smallest absolute Gasteiger partial charge is 0.269 e. The van der Waals surface area contributed by atoms with E-state index < -0.39 is 10.8 Å². The van der Waals surface area contributed by atoms with Crippen molar-refractivity contribution in [1.82, 2.24) is 10.2 Å². The van der Waals surface area contributed by atoms with Crippen LogP contribution in [-0.2, 0) is 6.61 Å². The molecule has 0 unspecified atom stereocenters. The van der Waals surface area contributed by atoms with Crippen LogP contribution in [0.25, 0.3) is 11.3 Å². The molecule has 0 aliphatic carbocycles. The largest absolute Gasteiger partial charge is 0.489 e. The van der Waals surface area contributed by atoms with Gasteiger partial charge in [0.05, 0.1) is 22.1 Å². The van der Waals surface area contributed by atoms with Gasteiger partial charge in [-0.1, -0.05) is 42.5 Å². The van der Waals surface area contributed by atoms with Crippen molar-refractivity contribution in [2.45, 2.75) is 12.5 Å². The Morgan fingerprint density at radius 1 is 1.11 bits per heavy atom. The number of non-ortho nitro benzene ring substituents is 1. The van der Waals surface area contributed by atoms with E-state index in [2.05, 4.69) is 16.3 Å². The van der Waals surface area contributed by atoms with Crippen LogP contribution in [0, 0.1) is 21.4 Å². The molecule has 0 spiro atoms. The summed E-state index contributed by atoms with van der Waals surface area (Å²) in [4.78, 5) is 10.9. The van der Waals surface area contributed by atoms with Crippen LogP contribution in [0.3, 0.4) is 0 Å². The summed E-state index contributed by atoms with van der Waals surface area (Å²) in [5.74, 6) is 0.141. The van der Waals surface area contributed by atoms with E-state index in [9.17, 15) is 15.4 Å². The van der Waals surface area contributed by atoms with Crippen LogP contribution in [0.1, 0.15) is 22.6 Å². The van der Waals surface area contributed by atoms with Gasteiger partial charge in [0.1, 0.15) is 24.0 Å². The Morgan fingerprint density at radius 2 is 1.89 bits per heavy atom. The SMILES string of the molecule is N#CC1=C(N)Oc2n[nH]c(-c3ccc(OCc4ccccc4)cc3)c2[C@H]1c1cccc([N+](=O)[O-])c1. The third kappa shape index (κ3) is 4.16. The van der Waals surface area contributed by atoms with Crippen LogP contribution >= 0.6 is 0 Å². The highest BCUT2D eigenvalue weighted by molar-refractivity contribution is 5.71. The Bertz CT molecular complexity index is 1470. The fourth-order valence-electron chi connectivity index (χ4n) is 4.08. The predicted octanol–water partition coefficient (Wildman–Crippen LogP) is 4.78. The van der Waals surface area contributed by atoms with Crippen molar-refractivity contribution < 1.29 is 14.4 Å². The van der Waals surface area contributed by atoms with E-state index in [1.54, 1.807) is 12.1 Å². The summed E-state index contributed by atoms with van der Waals surface area (Å²) in [7, 11) is 0. The summed E-state index contributed by atoms with van der Waals surface area (Å²) >= 11 is 0. The fraction of sp³-hybridized carbons (Fsp3) is 0.0769. The molecular weight excluding hydrogens is 446 g/mol. The standard InChI is InChI=1S/C26H19N5O4/c27-14-21-22(18-7-4-8-19(13-18)31(32)33)23-24(29-30-26(23)35-25(21)28)17-9-11-20(12-10-17)34-15-16-5-2-1-3-6-16/h1-13,22H,15,28H2,(H,29,30)/t22-/m0/s1. The summed E-state index contributed by atoms with van der Waals surface area (Å²) in [5.41, 5.74) is 9.65. The second kappa shape index (κ2) is 9.03. The van der Waals surface area contributed by atoms with Crippen LogP contribution in [0.4, 0.5) is 5.69 Å². The number of aromatic amines is 1.